The van der Waals surface area contributed by atoms with Crippen LogP contribution in [0.3, 0.4) is 0 Å². The first-order valence-corrected chi connectivity index (χ1v) is 9.43. The molecule has 5 heteroatoms. The van der Waals surface area contributed by atoms with Crippen molar-refractivity contribution in [3.05, 3.63) is 40.0 Å². The molecular formula is C19H25ClN4. The number of hydrogen-bond acceptors (Lipinski definition) is 3. The van der Waals surface area contributed by atoms with E-state index in [1.165, 1.54) is 37.1 Å². The standard InChI is InChI=1S/C19H25ClN4/c1-3-23-12-5-4-8-17(23)18-14-10-11-21-19(14)24(22-18)16-9-6-7-15(20)13(16)2/h6-7,9,17,21H,3-5,8,10-12H2,1-2H3. The summed E-state index contributed by atoms with van der Waals surface area (Å²) in [5.41, 5.74) is 4.84. The van der Waals surface area contributed by atoms with Crippen molar-refractivity contribution in [3.63, 3.8) is 0 Å². The molecule has 0 amide bonds. The number of rotatable bonds is 3. The fourth-order valence-electron chi connectivity index (χ4n) is 4.15. The topological polar surface area (TPSA) is 33.1 Å². The van der Waals surface area contributed by atoms with Gasteiger partial charge in [0, 0.05) is 17.1 Å². The summed E-state index contributed by atoms with van der Waals surface area (Å²) in [5.74, 6) is 1.16. The summed E-state index contributed by atoms with van der Waals surface area (Å²) in [7, 11) is 0. The molecule has 2 aliphatic heterocycles. The molecule has 1 saturated heterocycles. The molecule has 1 unspecified atom stereocenters. The Morgan fingerprint density at radius 1 is 1.33 bits per heavy atom. The Balaban J connectivity index is 1.82. The summed E-state index contributed by atoms with van der Waals surface area (Å²) in [6.07, 6.45) is 4.88. The number of piperidine rings is 1. The largest absolute Gasteiger partial charge is 0.369 e. The van der Waals surface area contributed by atoms with Crippen molar-refractivity contribution in [1.29, 1.82) is 0 Å². The van der Waals surface area contributed by atoms with E-state index in [1.54, 1.807) is 0 Å². The normalized spacial score (nSPS) is 20.9. The van der Waals surface area contributed by atoms with Gasteiger partial charge in [-0.3, -0.25) is 4.90 Å². The second-order valence-electron chi connectivity index (χ2n) is 6.83. The van der Waals surface area contributed by atoms with E-state index in [1.807, 2.05) is 12.1 Å². The Morgan fingerprint density at radius 2 is 2.21 bits per heavy atom. The van der Waals surface area contributed by atoms with Crippen LogP contribution in [0.5, 0.6) is 0 Å². The molecule has 2 aromatic rings. The van der Waals surface area contributed by atoms with E-state index >= 15 is 0 Å². The lowest BCUT2D eigenvalue weighted by atomic mass is 9.96. The lowest BCUT2D eigenvalue weighted by molar-refractivity contribution is 0.153. The fourth-order valence-corrected chi connectivity index (χ4v) is 4.32. The number of hydrogen-bond donors (Lipinski definition) is 1. The van der Waals surface area contributed by atoms with Crippen molar-refractivity contribution in [2.75, 3.05) is 25.0 Å². The molecule has 1 aromatic heterocycles. The van der Waals surface area contributed by atoms with Crippen LogP contribution >= 0.6 is 11.6 Å². The van der Waals surface area contributed by atoms with Crippen LogP contribution in [0, 0.1) is 6.92 Å². The van der Waals surface area contributed by atoms with Crippen LogP contribution in [0.4, 0.5) is 5.82 Å². The van der Waals surface area contributed by atoms with Gasteiger partial charge in [-0.25, -0.2) is 4.68 Å². The number of anilines is 1. The van der Waals surface area contributed by atoms with Crippen molar-refractivity contribution in [1.82, 2.24) is 14.7 Å². The molecule has 4 nitrogen and oxygen atoms in total. The maximum atomic E-state index is 6.35. The van der Waals surface area contributed by atoms with Gasteiger partial charge in [-0.15, -0.1) is 0 Å². The number of benzene rings is 1. The van der Waals surface area contributed by atoms with Crippen molar-refractivity contribution in [2.24, 2.45) is 0 Å². The lowest BCUT2D eigenvalue weighted by Gasteiger charge is -2.34. The van der Waals surface area contributed by atoms with Gasteiger partial charge in [0.25, 0.3) is 0 Å². The van der Waals surface area contributed by atoms with Gasteiger partial charge >= 0.3 is 0 Å². The maximum absolute atomic E-state index is 6.35. The average Bonchev–Trinajstić information content (AvgIpc) is 3.20. The minimum atomic E-state index is 0.457. The van der Waals surface area contributed by atoms with Crippen molar-refractivity contribution >= 4 is 17.4 Å². The summed E-state index contributed by atoms with van der Waals surface area (Å²) in [5, 5.41) is 9.42. The van der Waals surface area contributed by atoms with E-state index < -0.39 is 0 Å². The highest BCUT2D eigenvalue weighted by Gasteiger charge is 2.32. The van der Waals surface area contributed by atoms with Crippen molar-refractivity contribution < 1.29 is 0 Å². The van der Waals surface area contributed by atoms with Crippen LogP contribution in [-0.2, 0) is 6.42 Å². The third-order valence-corrected chi connectivity index (χ3v) is 5.89. The van der Waals surface area contributed by atoms with Crippen LogP contribution in [0.25, 0.3) is 5.69 Å². The third-order valence-electron chi connectivity index (χ3n) is 5.48. The zero-order chi connectivity index (χ0) is 16.7. The molecule has 4 rings (SSSR count). The Morgan fingerprint density at radius 3 is 3.04 bits per heavy atom. The molecule has 0 saturated carbocycles. The molecule has 128 valence electrons. The Labute approximate surface area is 148 Å². The molecule has 0 bridgehead atoms. The maximum Gasteiger partial charge on any atom is 0.133 e. The summed E-state index contributed by atoms with van der Waals surface area (Å²) >= 11 is 6.35. The van der Waals surface area contributed by atoms with Gasteiger partial charge in [0.2, 0.25) is 0 Å². The van der Waals surface area contributed by atoms with E-state index in [9.17, 15) is 0 Å². The second-order valence-corrected chi connectivity index (χ2v) is 7.23. The van der Waals surface area contributed by atoms with E-state index in [2.05, 4.69) is 34.8 Å². The van der Waals surface area contributed by atoms with Gasteiger partial charge < -0.3 is 5.32 Å². The lowest BCUT2D eigenvalue weighted by Crippen LogP contribution is -2.34. The van der Waals surface area contributed by atoms with Gasteiger partial charge in [-0.1, -0.05) is 31.0 Å². The molecule has 1 N–H and O–H groups in total. The van der Waals surface area contributed by atoms with Crippen molar-refractivity contribution in [2.45, 2.75) is 45.6 Å². The molecule has 1 atom stereocenters. The molecule has 0 radical (unpaired) electrons. The predicted octanol–water partition coefficient (Wildman–Crippen LogP) is 4.35. The SMILES string of the molecule is CCN1CCCCC1c1nn(-c2cccc(Cl)c2C)c2c1CCN2. The molecular weight excluding hydrogens is 320 g/mol. The molecule has 2 aliphatic rings. The highest BCUT2D eigenvalue weighted by Crippen LogP contribution is 2.38. The Kier molecular flexibility index (Phi) is 4.27. The summed E-state index contributed by atoms with van der Waals surface area (Å²) in [4.78, 5) is 2.58. The number of nitrogens with zero attached hydrogens (tertiary/aromatic N) is 3. The van der Waals surface area contributed by atoms with Crippen molar-refractivity contribution in [3.8, 4) is 5.69 Å². The zero-order valence-corrected chi connectivity index (χ0v) is 15.2. The average molecular weight is 345 g/mol. The van der Waals surface area contributed by atoms with E-state index in [4.69, 9.17) is 16.7 Å². The number of aromatic nitrogens is 2. The van der Waals surface area contributed by atoms with Gasteiger partial charge in [0.1, 0.15) is 5.82 Å². The van der Waals surface area contributed by atoms with E-state index in [0.717, 1.165) is 41.6 Å². The zero-order valence-electron chi connectivity index (χ0n) is 14.5. The number of halogens is 1. The Bertz CT molecular complexity index is 752. The van der Waals surface area contributed by atoms with Gasteiger partial charge in [0.15, 0.2) is 0 Å². The van der Waals surface area contributed by atoms with Crippen LogP contribution in [0.1, 0.15) is 49.0 Å². The smallest absolute Gasteiger partial charge is 0.133 e. The highest BCUT2D eigenvalue weighted by atomic mass is 35.5. The highest BCUT2D eigenvalue weighted by molar-refractivity contribution is 6.31. The van der Waals surface area contributed by atoms with Gasteiger partial charge in [-0.05, 0) is 57.0 Å². The predicted molar refractivity (Wildman–Crippen MR) is 99.3 cm³/mol. The summed E-state index contributed by atoms with van der Waals surface area (Å²) in [6, 6.07) is 6.51. The number of nitrogens with one attached hydrogen (secondary N) is 1. The fraction of sp³-hybridized carbons (Fsp3) is 0.526. The first kappa shape index (κ1) is 16.0. The number of fused-ring (bicyclic) bond motifs is 1. The molecule has 24 heavy (non-hydrogen) atoms. The number of likely N-dealkylation sites (tertiary alicyclic amines) is 1. The summed E-state index contributed by atoms with van der Waals surface area (Å²) in [6.45, 7) is 7.61. The quantitative estimate of drug-likeness (QED) is 0.898. The Hall–Kier alpha value is -1.52. The van der Waals surface area contributed by atoms with Crippen LogP contribution in [0.15, 0.2) is 18.2 Å². The van der Waals surface area contributed by atoms with E-state index in [0.29, 0.717) is 6.04 Å². The first-order valence-electron chi connectivity index (χ1n) is 9.06. The van der Waals surface area contributed by atoms with E-state index in [-0.39, 0.29) is 0 Å². The second kappa shape index (κ2) is 6.41. The molecule has 3 heterocycles. The first-order chi connectivity index (χ1) is 11.7. The minimum Gasteiger partial charge on any atom is -0.369 e. The minimum absolute atomic E-state index is 0.457. The van der Waals surface area contributed by atoms with Gasteiger partial charge in [-0.2, -0.15) is 5.10 Å². The molecule has 1 aromatic carbocycles. The van der Waals surface area contributed by atoms with Crippen LogP contribution < -0.4 is 5.32 Å². The molecule has 1 fully saturated rings. The van der Waals surface area contributed by atoms with Crippen LogP contribution in [-0.4, -0.2) is 34.3 Å². The monoisotopic (exact) mass is 344 g/mol. The molecule has 0 aliphatic carbocycles. The third kappa shape index (κ3) is 2.52. The molecule has 0 spiro atoms. The summed E-state index contributed by atoms with van der Waals surface area (Å²) < 4.78 is 2.08. The van der Waals surface area contributed by atoms with Crippen LogP contribution in [0.2, 0.25) is 5.02 Å². The van der Waals surface area contributed by atoms with Gasteiger partial charge in [0.05, 0.1) is 17.4 Å².